The van der Waals surface area contributed by atoms with Crippen LogP contribution in [0.5, 0.6) is 0 Å². The molecule has 6 nitrogen and oxygen atoms in total. The van der Waals surface area contributed by atoms with E-state index in [0.29, 0.717) is 9.79 Å². The number of rotatable bonds is 24. The minimum Gasteiger partial charge on any atom is -0.224 e. The molecular formula is C45H60N2O4S2+2. The highest BCUT2D eigenvalue weighted by atomic mass is 32.2. The normalized spacial score (nSPS) is 12.3. The lowest BCUT2D eigenvalue weighted by Crippen LogP contribution is -2.38. The molecule has 0 aliphatic rings. The van der Waals surface area contributed by atoms with Crippen molar-refractivity contribution < 1.29 is 26.0 Å². The van der Waals surface area contributed by atoms with E-state index in [-0.39, 0.29) is 11.5 Å². The lowest BCUT2D eigenvalue weighted by atomic mass is 10.1. The molecule has 2 aromatic carbocycles. The van der Waals surface area contributed by atoms with Crippen molar-refractivity contribution in [2.45, 2.75) is 120 Å². The van der Waals surface area contributed by atoms with Gasteiger partial charge in [-0.05, 0) is 59.4 Å². The summed E-state index contributed by atoms with van der Waals surface area (Å²) in [6, 6.07) is 22.8. The largest absolute Gasteiger partial charge is 0.224 e. The quantitative estimate of drug-likeness (QED) is 0.0527. The molecule has 4 aromatic rings. The van der Waals surface area contributed by atoms with Gasteiger partial charge in [-0.3, -0.25) is 0 Å². The first-order chi connectivity index (χ1) is 25.7. The topological polar surface area (TPSA) is 76.0 Å². The molecule has 53 heavy (non-hydrogen) atoms. The van der Waals surface area contributed by atoms with Crippen molar-refractivity contribution in [2.24, 2.45) is 0 Å². The van der Waals surface area contributed by atoms with Gasteiger partial charge >= 0.3 is 0 Å². The van der Waals surface area contributed by atoms with Crippen LogP contribution >= 0.6 is 0 Å². The van der Waals surface area contributed by atoms with Gasteiger partial charge in [0.25, 0.3) is 0 Å². The van der Waals surface area contributed by atoms with E-state index in [1.807, 2.05) is 48.6 Å². The molecule has 0 fully saturated rings. The van der Waals surface area contributed by atoms with E-state index in [4.69, 9.17) is 0 Å². The van der Waals surface area contributed by atoms with Crippen molar-refractivity contribution in [2.75, 3.05) is 11.5 Å². The average molecular weight is 757 g/mol. The van der Waals surface area contributed by atoms with Crippen LogP contribution in [0.25, 0.3) is 24.3 Å². The Kier molecular flexibility index (Phi) is 17.7. The monoisotopic (exact) mass is 756 g/mol. The Balaban J connectivity index is 1.17. The molecule has 0 atom stereocenters. The Morgan fingerprint density at radius 1 is 0.396 bits per heavy atom. The van der Waals surface area contributed by atoms with Crippen LogP contribution in [-0.4, -0.2) is 28.3 Å². The molecule has 0 bridgehead atoms. The molecule has 0 saturated heterocycles. The molecule has 0 N–H and O–H groups in total. The van der Waals surface area contributed by atoms with E-state index in [1.165, 1.54) is 38.5 Å². The lowest BCUT2D eigenvalue weighted by Gasteiger charge is -2.05. The zero-order valence-electron chi connectivity index (χ0n) is 31.9. The highest BCUT2D eigenvalue weighted by Gasteiger charge is 2.15. The number of sulfone groups is 2. The van der Waals surface area contributed by atoms with Crippen molar-refractivity contribution in [1.29, 1.82) is 0 Å². The van der Waals surface area contributed by atoms with Gasteiger partial charge in [0, 0.05) is 24.3 Å². The molecular weight excluding hydrogens is 697 g/mol. The predicted molar refractivity (Wildman–Crippen MR) is 219 cm³/mol. The van der Waals surface area contributed by atoms with Gasteiger partial charge in [-0.2, -0.15) is 0 Å². The second-order valence-electron chi connectivity index (χ2n) is 14.1. The smallest absolute Gasteiger partial charge is 0.178 e. The number of nitrogens with zero attached hydrogens (tertiary/aromatic N) is 2. The molecule has 0 aliphatic heterocycles. The fourth-order valence-corrected chi connectivity index (χ4v) is 8.97. The molecule has 0 radical (unpaired) electrons. The van der Waals surface area contributed by atoms with Crippen LogP contribution in [0.3, 0.4) is 0 Å². The molecule has 0 aliphatic carbocycles. The Labute approximate surface area is 320 Å². The summed E-state index contributed by atoms with van der Waals surface area (Å²) in [5.74, 6) is 0.436. The third-order valence-corrected chi connectivity index (χ3v) is 13.2. The molecule has 284 valence electrons. The Bertz CT molecular complexity index is 1770. The first-order valence-electron chi connectivity index (χ1n) is 19.7. The van der Waals surface area contributed by atoms with Crippen LogP contribution in [0, 0.1) is 0 Å². The summed E-state index contributed by atoms with van der Waals surface area (Å²) >= 11 is 0. The summed E-state index contributed by atoms with van der Waals surface area (Å²) in [7, 11) is -6.47. The van der Waals surface area contributed by atoms with Crippen molar-refractivity contribution in [3.8, 4) is 0 Å². The summed E-state index contributed by atoms with van der Waals surface area (Å²) in [6.45, 7) is 6.17. The van der Waals surface area contributed by atoms with Crippen molar-refractivity contribution in [3.05, 3.63) is 120 Å². The van der Waals surface area contributed by atoms with E-state index in [0.717, 1.165) is 80.3 Å². The fraction of sp³-hybridized carbons (Fsp3) is 0.422. The van der Waals surface area contributed by atoms with Gasteiger partial charge < -0.3 is 0 Å². The minimum atomic E-state index is -3.24. The first kappa shape index (κ1) is 41.9. The third-order valence-electron chi connectivity index (χ3n) is 9.61. The highest BCUT2D eigenvalue weighted by Crippen LogP contribution is 2.18. The van der Waals surface area contributed by atoms with Crippen molar-refractivity contribution in [1.82, 2.24) is 0 Å². The molecule has 0 amide bonds. The maximum absolute atomic E-state index is 12.7. The SMILES string of the molecule is CCCCCCCCS(=O)(=O)c1ccc(/C=C/c2cc[n+](CCC[n+]3ccc(/C=C/c4ccc(S(=O)(=O)CCCCCCCC)cc4)cc3)cc2)cc1. The molecule has 0 spiro atoms. The summed E-state index contributed by atoms with van der Waals surface area (Å²) in [5.41, 5.74) is 4.12. The summed E-state index contributed by atoms with van der Waals surface area (Å²) < 4.78 is 55.2. The van der Waals surface area contributed by atoms with E-state index < -0.39 is 19.7 Å². The van der Waals surface area contributed by atoms with Gasteiger partial charge in [-0.1, -0.05) is 127 Å². The Morgan fingerprint density at radius 3 is 1.04 bits per heavy atom. The molecule has 4 rings (SSSR count). The average Bonchev–Trinajstić information content (AvgIpc) is 3.17. The van der Waals surface area contributed by atoms with Crippen LogP contribution in [-0.2, 0) is 32.8 Å². The van der Waals surface area contributed by atoms with Gasteiger partial charge in [0.1, 0.15) is 0 Å². The molecule has 2 heterocycles. The number of aromatic nitrogens is 2. The van der Waals surface area contributed by atoms with E-state index in [2.05, 4.69) is 72.0 Å². The highest BCUT2D eigenvalue weighted by molar-refractivity contribution is 7.91. The zero-order chi connectivity index (χ0) is 37.8. The van der Waals surface area contributed by atoms with Gasteiger partial charge in [0.2, 0.25) is 0 Å². The molecule has 0 unspecified atom stereocenters. The maximum atomic E-state index is 12.7. The summed E-state index contributed by atoms with van der Waals surface area (Å²) in [5, 5.41) is 0. The van der Waals surface area contributed by atoms with E-state index in [1.54, 1.807) is 24.3 Å². The van der Waals surface area contributed by atoms with Gasteiger partial charge in [0.15, 0.2) is 57.6 Å². The summed E-state index contributed by atoms with van der Waals surface area (Å²) in [4.78, 5) is 0.811. The number of unbranched alkanes of at least 4 members (excludes halogenated alkanes) is 10. The second-order valence-corrected chi connectivity index (χ2v) is 18.3. The molecule has 8 heteroatoms. The molecule has 2 aromatic heterocycles. The van der Waals surface area contributed by atoms with Crippen LogP contribution < -0.4 is 9.13 Å². The number of benzene rings is 2. The predicted octanol–water partition coefficient (Wildman–Crippen LogP) is 9.96. The van der Waals surface area contributed by atoms with Crippen molar-refractivity contribution in [3.63, 3.8) is 0 Å². The zero-order valence-corrected chi connectivity index (χ0v) is 33.5. The lowest BCUT2D eigenvalue weighted by molar-refractivity contribution is -0.726. The minimum absolute atomic E-state index is 0.218. The standard InChI is InChI=1S/C45H60N2O4S2/c1-3-5-7-9-11-13-38-52(48,49)44-24-20-40(21-25-44)16-18-42-28-34-46(35-29-42)32-15-33-47-36-30-43(31-37-47)19-17-41-22-26-45(27-23-41)53(50,51)39-14-12-10-8-6-4-2/h16-31,34-37H,3-15,32-33,38-39H2,1-2H3/q+2/b18-16+,19-17+. The number of hydrogen-bond acceptors (Lipinski definition) is 4. The van der Waals surface area contributed by atoms with Crippen LogP contribution in [0.15, 0.2) is 107 Å². The van der Waals surface area contributed by atoms with Gasteiger partial charge in [-0.25, -0.2) is 26.0 Å². The van der Waals surface area contributed by atoms with Crippen LogP contribution in [0.4, 0.5) is 0 Å². The number of aryl methyl sites for hydroxylation is 2. The first-order valence-corrected chi connectivity index (χ1v) is 23.0. The second kappa shape index (κ2) is 22.4. The fourth-order valence-electron chi connectivity index (χ4n) is 6.23. The van der Waals surface area contributed by atoms with Gasteiger partial charge in [-0.15, -0.1) is 0 Å². The van der Waals surface area contributed by atoms with Crippen LogP contribution in [0.2, 0.25) is 0 Å². The molecule has 0 saturated carbocycles. The number of pyridine rings is 2. The summed E-state index contributed by atoms with van der Waals surface area (Å²) in [6.07, 6.45) is 30.3. The van der Waals surface area contributed by atoms with Gasteiger partial charge in [0.05, 0.1) is 27.7 Å². The third kappa shape index (κ3) is 15.2. The van der Waals surface area contributed by atoms with E-state index >= 15 is 0 Å². The Hall–Kier alpha value is -3.88. The van der Waals surface area contributed by atoms with E-state index in [9.17, 15) is 16.8 Å². The number of hydrogen-bond donors (Lipinski definition) is 0. The maximum Gasteiger partial charge on any atom is 0.178 e. The van der Waals surface area contributed by atoms with Crippen molar-refractivity contribution >= 4 is 44.0 Å². The Morgan fingerprint density at radius 2 is 0.698 bits per heavy atom. The van der Waals surface area contributed by atoms with Crippen LogP contribution in [0.1, 0.15) is 120 Å².